The summed E-state index contributed by atoms with van der Waals surface area (Å²) in [4.78, 5) is 15.9. The quantitative estimate of drug-likeness (QED) is 0.310. The van der Waals surface area contributed by atoms with E-state index in [9.17, 15) is 4.79 Å². The first kappa shape index (κ1) is 23.2. The van der Waals surface area contributed by atoms with E-state index in [1.807, 2.05) is 53.9 Å². The van der Waals surface area contributed by atoms with Crippen LogP contribution in [0.15, 0.2) is 60.1 Å². The van der Waals surface area contributed by atoms with Gasteiger partial charge in [0.15, 0.2) is 5.75 Å². The van der Waals surface area contributed by atoms with E-state index in [2.05, 4.69) is 4.98 Å². The molecule has 4 rings (SSSR count). The molecule has 8 nitrogen and oxygen atoms in total. The molecule has 0 aliphatic carbocycles. The minimum atomic E-state index is -0.785. The number of pyridine rings is 1. The van der Waals surface area contributed by atoms with E-state index < -0.39 is 6.16 Å². The maximum absolute atomic E-state index is 11.7. The van der Waals surface area contributed by atoms with Crippen LogP contribution in [-0.2, 0) is 18.0 Å². The van der Waals surface area contributed by atoms with Crippen LogP contribution in [0, 0.1) is 0 Å². The number of carbonyl (C=O) groups excluding carboxylic acids is 1. The Morgan fingerprint density at radius 3 is 2.53 bits per heavy atom. The van der Waals surface area contributed by atoms with Gasteiger partial charge in [-0.2, -0.15) is 0 Å². The number of rotatable bonds is 9. The van der Waals surface area contributed by atoms with Crippen molar-refractivity contribution in [2.75, 3.05) is 19.5 Å². The molecular formula is C25H24N2O6S. The number of ether oxygens (including phenoxy) is 5. The lowest BCUT2D eigenvalue weighted by molar-refractivity contribution is 0.105. The summed E-state index contributed by atoms with van der Waals surface area (Å²) in [5.41, 5.74) is 7.94. The van der Waals surface area contributed by atoms with Gasteiger partial charge >= 0.3 is 6.16 Å². The Kier molecular flexibility index (Phi) is 7.34. The fourth-order valence-electron chi connectivity index (χ4n) is 3.27. The van der Waals surface area contributed by atoms with Crippen LogP contribution in [0.2, 0.25) is 0 Å². The van der Waals surface area contributed by atoms with Crippen LogP contribution < -0.4 is 24.7 Å². The molecule has 0 saturated heterocycles. The second kappa shape index (κ2) is 10.8. The molecule has 0 radical (unpaired) electrons. The highest BCUT2D eigenvalue weighted by Gasteiger charge is 2.17. The van der Waals surface area contributed by atoms with E-state index in [-0.39, 0.29) is 13.2 Å². The summed E-state index contributed by atoms with van der Waals surface area (Å²) < 4.78 is 28.0. The van der Waals surface area contributed by atoms with Gasteiger partial charge in [-0.1, -0.05) is 18.2 Å². The van der Waals surface area contributed by atoms with Crippen LogP contribution >= 0.6 is 11.3 Å². The third-order valence-corrected chi connectivity index (χ3v) is 5.91. The predicted molar refractivity (Wildman–Crippen MR) is 130 cm³/mol. The molecule has 0 amide bonds. The zero-order chi connectivity index (χ0) is 23.9. The van der Waals surface area contributed by atoms with Crippen LogP contribution in [0.4, 0.5) is 10.6 Å². The molecular weight excluding hydrogens is 456 g/mol. The number of methoxy groups -OCH3 is 1. The molecule has 2 aromatic heterocycles. The van der Waals surface area contributed by atoms with Gasteiger partial charge in [-0.05, 0) is 42.1 Å². The van der Waals surface area contributed by atoms with Crippen molar-refractivity contribution in [2.45, 2.75) is 20.1 Å². The Hall–Kier alpha value is -3.98. The van der Waals surface area contributed by atoms with E-state index in [0.717, 1.165) is 16.9 Å². The minimum Gasteiger partial charge on any atom is -0.497 e. The van der Waals surface area contributed by atoms with Gasteiger partial charge in [-0.3, -0.25) is 0 Å². The number of aromatic nitrogens is 1. The van der Waals surface area contributed by atoms with Gasteiger partial charge in [-0.15, -0.1) is 11.3 Å². The van der Waals surface area contributed by atoms with E-state index in [0.29, 0.717) is 39.8 Å². The highest BCUT2D eigenvalue weighted by molar-refractivity contribution is 7.17. The van der Waals surface area contributed by atoms with Crippen LogP contribution in [0.5, 0.6) is 23.0 Å². The molecule has 4 aromatic rings. The number of anilines is 1. The summed E-state index contributed by atoms with van der Waals surface area (Å²) >= 11 is 1.39. The van der Waals surface area contributed by atoms with Crippen molar-refractivity contribution in [2.24, 2.45) is 0 Å². The van der Waals surface area contributed by atoms with Crippen LogP contribution in [0.1, 0.15) is 18.1 Å². The van der Waals surface area contributed by atoms with E-state index in [4.69, 9.17) is 29.4 Å². The number of fused-ring (bicyclic) bond motifs is 1. The SMILES string of the molecule is CCOC(=O)Oc1cnc(N)c2c(COc3cccc(OCc4cccc(OC)c4)c3)csc12. The zero-order valence-electron chi connectivity index (χ0n) is 18.8. The molecule has 0 unspecified atom stereocenters. The van der Waals surface area contributed by atoms with Crippen molar-refractivity contribution in [1.82, 2.24) is 4.98 Å². The summed E-state index contributed by atoms with van der Waals surface area (Å²) in [7, 11) is 1.63. The summed E-state index contributed by atoms with van der Waals surface area (Å²) in [6, 6.07) is 15.1. The molecule has 0 atom stereocenters. The van der Waals surface area contributed by atoms with Gasteiger partial charge in [0.1, 0.15) is 36.3 Å². The van der Waals surface area contributed by atoms with Crippen LogP contribution in [0.3, 0.4) is 0 Å². The Morgan fingerprint density at radius 2 is 1.76 bits per heavy atom. The van der Waals surface area contributed by atoms with Gasteiger partial charge in [0.05, 0.1) is 24.6 Å². The number of hydrogen-bond donors (Lipinski definition) is 1. The summed E-state index contributed by atoms with van der Waals surface area (Å²) in [5.74, 6) is 2.74. The van der Waals surface area contributed by atoms with Gasteiger partial charge in [0.2, 0.25) is 0 Å². The molecule has 176 valence electrons. The lowest BCUT2D eigenvalue weighted by Crippen LogP contribution is -2.10. The third kappa shape index (κ3) is 5.49. The number of thiophene rings is 1. The van der Waals surface area contributed by atoms with E-state index >= 15 is 0 Å². The van der Waals surface area contributed by atoms with Crippen LogP contribution in [0.25, 0.3) is 10.1 Å². The maximum Gasteiger partial charge on any atom is 0.513 e. The smallest absolute Gasteiger partial charge is 0.497 e. The standard InChI is InChI=1S/C25H24N2O6S/c1-3-30-25(28)33-21-12-27-24(26)22-17(15-34-23(21)22)14-32-20-9-5-8-19(11-20)31-13-16-6-4-7-18(10-16)29-2/h4-12,15H,3,13-14H2,1-2H3,(H2,26,27). The van der Waals surface area contributed by atoms with Crippen molar-refractivity contribution in [3.8, 4) is 23.0 Å². The lowest BCUT2D eigenvalue weighted by Gasteiger charge is -2.11. The molecule has 2 N–H and O–H groups in total. The van der Waals surface area contributed by atoms with Gasteiger partial charge < -0.3 is 29.4 Å². The zero-order valence-corrected chi connectivity index (χ0v) is 19.6. The first-order chi connectivity index (χ1) is 16.6. The van der Waals surface area contributed by atoms with Crippen molar-refractivity contribution in [3.63, 3.8) is 0 Å². The molecule has 0 fully saturated rings. The first-order valence-corrected chi connectivity index (χ1v) is 11.4. The summed E-state index contributed by atoms with van der Waals surface area (Å²) in [6.07, 6.45) is 0.631. The van der Waals surface area contributed by atoms with Gasteiger partial charge in [0.25, 0.3) is 0 Å². The Morgan fingerprint density at radius 1 is 1.03 bits per heavy atom. The van der Waals surface area contributed by atoms with Gasteiger partial charge in [0, 0.05) is 17.0 Å². The second-order valence-electron chi connectivity index (χ2n) is 7.16. The number of nitrogen functional groups attached to an aromatic ring is 1. The molecule has 2 aromatic carbocycles. The summed E-state index contributed by atoms with van der Waals surface area (Å²) in [6.45, 7) is 2.59. The average molecular weight is 481 g/mol. The largest absolute Gasteiger partial charge is 0.513 e. The lowest BCUT2D eigenvalue weighted by atomic mass is 10.2. The maximum atomic E-state index is 11.7. The number of hydrogen-bond acceptors (Lipinski definition) is 9. The summed E-state index contributed by atoms with van der Waals surface area (Å²) in [5, 5.41) is 2.60. The molecule has 0 saturated carbocycles. The van der Waals surface area contributed by atoms with Crippen molar-refractivity contribution in [1.29, 1.82) is 0 Å². The Bertz CT molecular complexity index is 1290. The Labute approximate surface area is 200 Å². The highest BCUT2D eigenvalue weighted by atomic mass is 32.1. The molecule has 34 heavy (non-hydrogen) atoms. The fourth-order valence-corrected chi connectivity index (χ4v) is 4.28. The third-order valence-electron chi connectivity index (χ3n) is 4.86. The monoisotopic (exact) mass is 480 g/mol. The van der Waals surface area contributed by atoms with Gasteiger partial charge in [-0.25, -0.2) is 9.78 Å². The minimum absolute atomic E-state index is 0.218. The normalized spacial score (nSPS) is 10.6. The number of carbonyl (C=O) groups is 1. The van der Waals surface area contributed by atoms with Crippen molar-refractivity contribution < 1.29 is 28.5 Å². The molecule has 2 heterocycles. The first-order valence-electron chi connectivity index (χ1n) is 10.5. The number of benzene rings is 2. The molecule has 0 spiro atoms. The second-order valence-corrected chi connectivity index (χ2v) is 8.04. The Balaban J connectivity index is 1.44. The predicted octanol–water partition coefficient (Wildman–Crippen LogP) is 5.58. The van der Waals surface area contributed by atoms with Crippen LogP contribution in [-0.4, -0.2) is 24.9 Å². The average Bonchev–Trinajstić information content (AvgIpc) is 3.29. The fraction of sp³-hybridized carbons (Fsp3) is 0.200. The highest BCUT2D eigenvalue weighted by Crippen LogP contribution is 2.37. The molecule has 0 aliphatic heterocycles. The molecule has 9 heteroatoms. The van der Waals surface area contributed by atoms with E-state index in [1.165, 1.54) is 17.5 Å². The van der Waals surface area contributed by atoms with Crippen molar-refractivity contribution >= 4 is 33.4 Å². The van der Waals surface area contributed by atoms with Crippen molar-refractivity contribution in [3.05, 3.63) is 71.2 Å². The topological polar surface area (TPSA) is 102 Å². The molecule has 0 bridgehead atoms. The number of nitrogens with zero attached hydrogens (tertiary/aromatic N) is 1. The molecule has 0 aliphatic rings. The van der Waals surface area contributed by atoms with E-state index in [1.54, 1.807) is 14.0 Å². The number of nitrogens with two attached hydrogens (primary N) is 1.